The SMILES string of the molecule is CN(C)c1ccc(C(=O)N[C@@H]2CN(CCOc3ccc(F)cc3)CC[C@@H]2O)cc1. The number of nitrogens with zero attached hydrogens (tertiary/aromatic N) is 2. The van der Waals surface area contributed by atoms with Gasteiger partial charge in [-0.3, -0.25) is 9.69 Å². The topological polar surface area (TPSA) is 65.0 Å². The maximum Gasteiger partial charge on any atom is 0.251 e. The Morgan fingerprint density at radius 3 is 2.55 bits per heavy atom. The van der Waals surface area contributed by atoms with Crippen molar-refractivity contribution in [1.29, 1.82) is 0 Å². The molecule has 1 saturated heterocycles. The van der Waals surface area contributed by atoms with E-state index in [1.165, 1.54) is 12.1 Å². The predicted octanol–water partition coefficient (Wildman–Crippen LogP) is 2.14. The summed E-state index contributed by atoms with van der Waals surface area (Å²) in [6.07, 6.45) is 0.00963. The number of aliphatic hydroxyl groups excluding tert-OH is 1. The standard InChI is InChI=1S/C22H28FN3O3/c1-25(2)18-7-3-16(4-8-18)22(28)24-20-15-26(12-11-21(20)27)13-14-29-19-9-5-17(23)6-10-19/h3-10,20-21,27H,11-15H2,1-2H3,(H,24,28)/t20-,21+/m1/s1. The van der Waals surface area contributed by atoms with Crippen LogP contribution in [0.4, 0.5) is 10.1 Å². The summed E-state index contributed by atoms with van der Waals surface area (Å²) in [4.78, 5) is 16.7. The van der Waals surface area contributed by atoms with Crippen LogP contribution in [0.2, 0.25) is 0 Å². The fourth-order valence-electron chi connectivity index (χ4n) is 3.34. The van der Waals surface area contributed by atoms with E-state index in [-0.39, 0.29) is 17.8 Å². The fraction of sp³-hybridized carbons (Fsp3) is 0.409. The van der Waals surface area contributed by atoms with Crippen LogP contribution in [0.25, 0.3) is 0 Å². The van der Waals surface area contributed by atoms with E-state index in [1.54, 1.807) is 24.3 Å². The highest BCUT2D eigenvalue weighted by molar-refractivity contribution is 5.94. The van der Waals surface area contributed by atoms with E-state index in [9.17, 15) is 14.3 Å². The Bertz CT molecular complexity index is 796. The molecule has 1 aliphatic rings. The van der Waals surface area contributed by atoms with Crippen LogP contribution in [0.5, 0.6) is 5.75 Å². The summed E-state index contributed by atoms with van der Waals surface area (Å²) >= 11 is 0. The number of ether oxygens (including phenoxy) is 1. The van der Waals surface area contributed by atoms with Crippen molar-refractivity contribution >= 4 is 11.6 Å². The number of anilines is 1. The third-order valence-corrected chi connectivity index (χ3v) is 5.11. The first-order chi connectivity index (χ1) is 13.9. The largest absolute Gasteiger partial charge is 0.492 e. The summed E-state index contributed by atoms with van der Waals surface area (Å²) in [5, 5.41) is 13.3. The van der Waals surface area contributed by atoms with Gasteiger partial charge in [0.25, 0.3) is 5.91 Å². The molecule has 0 saturated carbocycles. The highest BCUT2D eigenvalue weighted by Gasteiger charge is 2.29. The second kappa shape index (κ2) is 9.71. The van der Waals surface area contributed by atoms with Crippen LogP contribution < -0.4 is 15.0 Å². The first-order valence-electron chi connectivity index (χ1n) is 9.79. The minimum absolute atomic E-state index is 0.191. The van der Waals surface area contributed by atoms with Crippen molar-refractivity contribution in [2.75, 3.05) is 45.2 Å². The number of piperidine rings is 1. The lowest BCUT2D eigenvalue weighted by atomic mass is 10.0. The number of hydrogen-bond donors (Lipinski definition) is 2. The van der Waals surface area contributed by atoms with E-state index in [4.69, 9.17) is 4.74 Å². The smallest absolute Gasteiger partial charge is 0.251 e. The molecule has 0 aromatic heterocycles. The number of aliphatic hydroxyl groups is 1. The predicted molar refractivity (Wildman–Crippen MR) is 111 cm³/mol. The summed E-state index contributed by atoms with van der Waals surface area (Å²) in [6, 6.07) is 12.9. The van der Waals surface area contributed by atoms with E-state index in [0.29, 0.717) is 37.4 Å². The number of likely N-dealkylation sites (tertiary alicyclic amines) is 1. The van der Waals surface area contributed by atoms with Crippen LogP contribution in [0.3, 0.4) is 0 Å². The van der Waals surface area contributed by atoms with Crippen LogP contribution in [-0.2, 0) is 0 Å². The third kappa shape index (κ3) is 5.92. The molecule has 156 valence electrons. The average molecular weight is 401 g/mol. The van der Waals surface area contributed by atoms with Crippen LogP contribution >= 0.6 is 0 Å². The Labute approximate surface area is 170 Å². The second-order valence-electron chi connectivity index (χ2n) is 7.48. The number of halogens is 1. The molecule has 2 N–H and O–H groups in total. The number of hydrogen-bond acceptors (Lipinski definition) is 5. The molecule has 2 aromatic rings. The first-order valence-corrected chi connectivity index (χ1v) is 9.79. The highest BCUT2D eigenvalue weighted by Crippen LogP contribution is 2.15. The molecule has 2 aromatic carbocycles. The van der Waals surface area contributed by atoms with Gasteiger partial charge in [-0.25, -0.2) is 4.39 Å². The van der Waals surface area contributed by atoms with E-state index >= 15 is 0 Å². The Morgan fingerprint density at radius 2 is 1.90 bits per heavy atom. The lowest BCUT2D eigenvalue weighted by Gasteiger charge is -2.36. The molecule has 0 bridgehead atoms. The zero-order chi connectivity index (χ0) is 20.8. The second-order valence-corrected chi connectivity index (χ2v) is 7.48. The summed E-state index contributed by atoms with van der Waals surface area (Å²) in [7, 11) is 3.89. The molecule has 1 fully saturated rings. The maximum absolute atomic E-state index is 12.9. The van der Waals surface area contributed by atoms with E-state index in [1.807, 2.05) is 31.1 Å². The molecular weight excluding hydrogens is 373 g/mol. The summed E-state index contributed by atoms with van der Waals surface area (Å²) < 4.78 is 18.6. The molecule has 0 aliphatic carbocycles. The molecule has 1 amide bonds. The van der Waals surface area contributed by atoms with Gasteiger partial charge in [-0.05, 0) is 55.0 Å². The molecule has 0 unspecified atom stereocenters. The molecule has 1 aliphatic heterocycles. The van der Waals surface area contributed by atoms with Crippen LogP contribution in [0, 0.1) is 5.82 Å². The van der Waals surface area contributed by atoms with E-state index in [2.05, 4.69) is 10.2 Å². The molecule has 7 heteroatoms. The average Bonchev–Trinajstić information content (AvgIpc) is 2.72. The zero-order valence-corrected chi connectivity index (χ0v) is 16.8. The molecular formula is C22H28FN3O3. The van der Waals surface area contributed by atoms with Gasteiger partial charge >= 0.3 is 0 Å². The van der Waals surface area contributed by atoms with Crippen molar-refractivity contribution in [2.45, 2.75) is 18.6 Å². The van der Waals surface area contributed by atoms with Gasteiger partial charge in [0, 0.05) is 45.0 Å². The van der Waals surface area contributed by atoms with Crippen molar-refractivity contribution in [3.05, 3.63) is 59.9 Å². The maximum atomic E-state index is 12.9. The highest BCUT2D eigenvalue weighted by atomic mass is 19.1. The lowest BCUT2D eigenvalue weighted by molar-refractivity contribution is 0.0394. The number of carbonyl (C=O) groups is 1. The van der Waals surface area contributed by atoms with Crippen molar-refractivity contribution in [3.63, 3.8) is 0 Å². The van der Waals surface area contributed by atoms with Gasteiger partial charge in [0.1, 0.15) is 18.2 Å². The number of amides is 1. The fourth-order valence-corrected chi connectivity index (χ4v) is 3.34. The van der Waals surface area contributed by atoms with Crippen LogP contribution in [0.15, 0.2) is 48.5 Å². The van der Waals surface area contributed by atoms with Gasteiger partial charge in [-0.15, -0.1) is 0 Å². The van der Waals surface area contributed by atoms with Crippen LogP contribution in [-0.4, -0.2) is 68.4 Å². The summed E-state index contributed by atoms with van der Waals surface area (Å²) in [5.74, 6) is 0.135. The summed E-state index contributed by atoms with van der Waals surface area (Å²) in [6.45, 7) is 2.40. The van der Waals surface area contributed by atoms with Crippen molar-refractivity contribution in [3.8, 4) is 5.75 Å². The Hall–Kier alpha value is -2.64. The van der Waals surface area contributed by atoms with Gasteiger partial charge in [0.2, 0.25) is 0 Å². The minimum Gasteiger partial charge on any atom is -0.492 e. The monoisotopic (exact) mass is 401 g/mol. The normalized spacial score (nSPS) is 19.6. The molecule has 0 radical (unpaired) electrons. The quantitative estimate of drug-likeness (QED) is 0.744. The van der Waals surface area contributed by atoms with Gasteiger partial charge in [-0.1, -0.05) is 0 Å². The van der Waals surface area contributed by atoms with Crippen molar-refractivity contribution in [2.24, 2.45) is 0 Å². The van der Waals surface area contributed by atoms with Gasteiger partial charge in [-0.2, -0.15) is 0 Å². The Kier molecular flexibility index (Phi) is 7.06. The van der Waals surface area contributed by atoms with E-state index in [0.717, 1.165) is 12.2 Å². The minimum atomic E-state index is -0.575. The molecule has 0 spiro atoms. The molecule has 6 nitrogen and oxygen atoms in total. The van der Waals surface area contributed by atoms with E-state index < -0.39 is 6.10 Å². The molecule has 1 heterocycles. The van der Waals surface area contributed by atoms with Crippen LogP contribution in [0.1, 0.15) is 16.8 Å². The molecule has 2 atom stereocenters. The molecule has 29 heavy (non-hydrogen) atoms. The number of carbonyl (C=O) groups excluding carboxylic acids is 1. The Balaban J connectivity index is 1.49. The van der Waals surface area contributed by atoms with Crippen molar-refractivity contribution in [1.82, 2.24) is 10.2 Å². The number of rotatable bonds is 7. The van der Waals surface area contributed by atoms with Gasteiger partial charge < -0.3 is 20.1 Å². The van der Waals surface area contributed by atoms with Gasteiger partial charge in [0.15, 0.2) is 0 Å². The van der Waals surface area contributed by atoms with Gasteiger partial charge in [0.05, 0.1) is 12.1 Å². The third-order valence-electron chi connectivity index (χ3n) is 5.11. The Morgan fingerprint density at radius 1 is 1.21 bits per heavy atom. The number of nitrogens with one attached hydrogen (secondary N) is 1. The summed E-state index contributed by atoms with van der Waals surface area (Å²) in [5.41, 5.74) is 1.59. The van der Waals surface area contributed by atoms with Crippen molar-refractivity contribution < 1.29 is 19.0 Å². The number of benzene rings is 2. The first kappa shape index (κ1) is 21.1. The lowest BCUT2D eigenvalue weighted by Crippen LogP contribution is -2.55. The molecule has 3 rings (SSSR count). The zero-order valence-electron chi connectivity index (χ0n) is 16.8.